The normalized spacial score (nSPS) is 26.5. The van der Waals surface area contributed by atoms with Crippen molar-refractivity contribution in [1.29, 1.82) is 0 Å². The quantitative estimate of drug-likeness (QED) is 0.102. The van der Waals surface area contributed by atoms with Crippen LogP contribution in [0.15, 0.2) is 72.8 Å². The Labute approximate surface area is 312 Å². The molecule has 6 unspecified atom stereocenters. The van der Waals surface area contributed by atoms with Gasteiger partial charge in [-0.05, 0) is 70.0 Å². The highest BCUT2D eigenvalue weighted by Gasteiger charge is 2.51. The first-order valence-electron chi connectivity index (χ1n) is 18.4. The highest BCUT2D eigenvalue weighted by molar-refractivity contribution is 5.94. The molecule has 11 heteroatoms. The van der Waals surface area contributed by atoms with Crippen molar-refractivity contribution in [2.24, 2.45) is 16.7 Å². The molecule has 0 spiro atoms. The number of aliphatic hydroxyl groups is 1. The number of hydrogen-bond donors (Lipinski definition) is 2. The SMILES string of the molecule is CC1C(CN2CC3(C)CC2CC(C)(C)C3)OC(c2cccc(-c3cccc(CNC(=O)c4c(F)c(F)c(F)c(F)c4F)c3)c2)OC1c1ccc(CO)cc1. The molecule has 2 aliphatic heterocycles. The van der Waals surface area contributed by atoms with Crippen LogP contribution in [0.1, 0.15) is 92.0 Å². The Morgan fingerprint density at radius 1 is 0.815 bits per heavy atom. The zero-order chi connectivity index (χ0) is 38.5. The molecule has 2 N–H and O–H groups in total. The van der Waals surface area contributed by atoms with Crippen LogP contribution in [0, 0.1) is 45.8 Å². The lowest BCUT2D eigenvalue weighted by atomic mass is 9.65. The van der Waals surface area contributed by atoms with Crippen molar-refractivity contribution in [3.63, 3.8) is 0 Å². The van der Waals surface area contributed by atoms with E-state index in [0.29, 0.717) is 11.6 Å². The number of aliphatic hydroxyl groups excluding tert-OH is 1. The van der Waals surface area contributed by atoms with Gasteiger partial charge in [-0.15, -0.1) is 0 Å². The first kappa shape index (κ1) is 38.1. The van der Waals surface area contributed by atoms with E-state index in [0.717, 1.165) is 47.3 Å². The van der Waals surface area contributed by atoms with Crippen molar-refractivity contribution < 1.29 is 41.3 Å². The Morgan fingerprint density at radius 2 is 1.46 bits per heavy atom. The lowest BCUT2D eigenvalue weighted by Gasteiger charge is -2.43. The Bertz CT molecular complexity index is 2010. The van der Waals surface area contributed by atoms with E-state index in [2.05, 4.69) is 37.9 Å². The zero-order valence-corrected chi connectivity index (χ0v) is 30.8. The van der Waals surface area contributed by atoms with E-state index >= 15 is 0 Å². The molecular formula is C43H45F5N2O4. The molecule has 2 bridgehead atoms. The molecule has 286 valence electrons. The van der Waals surface area contributed by atoms with Crippen LogP contribution in [0.5, 0.6) is 0 Å². The van der Waals surface area contributed by atoms with Gasteiger partial charge < -0.3 is 19.9 Å². The fourth-order valence-electron chi connectivity index (χ4n) is 9.15. The number of carbonyl (C=O) groups is 1. The predicted molar refractivity (Wildman–Crippen MR) is 193 cm³/mol. The van der Waals surface area contributed by atoms with Crippen molar-refractivity contribution in [2.75, 3.05) is 13.1 Å². The Balaban J connectivity index is 1.12. The summed E-state index contributed by atoms with van der Waals surface area (Å²) in [4.78, 5) is 15.2. The zero-order valence-electron chi connectivity index (χ0n) is 30.8. The average molecular weight is 749 g/mol. The maximum absolute atomic E-state index is 14.2. The Kier molecular flexibility index (Phi) is 10.5. The number of hydrogen-bond acceptors (Lipinski definition) is 5. The standard InChI is InChI=1S/C43H45F5N2O4/c1-24-32(20-50-23-43(4)18-31(50)17-42(2,3)22-43)53-41(54-39(24)27-13-11-25(21-51)12-14-27)30-10-6-9-29(16-30)28-8-5-7-26(15-28)19-49-40(52)33-34(44)36(46)38(48)37(47)35(33)45/h5-16,24,31-32,39,41,51H,17-23H2,1-4H3,(H,49,52). The smallest absolute Gasteiger partial charge is 0.257 e. The van der Waals surface area contributed by atoms with E-state index in [1.54, 1.807) is 18.2 Å². The number of benzene rings is 4. The van der Waals surface area contributed by atoms with E-state index in [4.69, 9.17) is 9.47 Å². The number of rotatable bonds is 9. The lowest BCUT2D eigenvalue weighted by Crippen LogP contribution is -2.46. The number of likely N-dealkylation sites (tertiary alicyclic amines) is 1. The molecule has 4 aromatic rings. The van der Waals surface area contributed by atoms with E-state index in [1.165, 1.54) is 12.8 Å². The van der Waals surface area contributed by atoms with Crippen molar-refractivity contribution in [3.8, 4) is 11.1 Å². The van der Waals surface area contributed by atoms with Gasteiger partial charge in [0.2, 0.25) is 5.82 Å². The van der Waals surface area contributed by atoms with E-state index < -0.39 is 46.8 Å². The molecule has 3 fully saturated rings. The second kappa shape index (κ2) is 14.8. The highest BCUT2D eigenvalue weighted by atomic mass is 19.2. The number of carbonyl (C=O) groups excluding carboxylic acids is 1. The largest absolute Gasteiger partial charge is 0.392 e. The fraction of sp³-hybridized carbons (Fsp3) is 0.419. The van der Waals surface area contributed by atoms with Crippen LogP contribution in [0.25, 0.3) is 11.1 Å². The third-order valence-electron chi connectivity index (χ3n) is 11.4. The molecule has 4 aromatic carbocycles. The monoisotopic (exact) mass is 748 g/mol. The molecule has 7 rings (SSSR count). The van der Waals surface area contributed by atoms with Gasteiger partial charge in [-0.3, -0.25) is 9.69 Å². The van der Waals surface area contributed by atoms with Crippen LogP contribution in [-0.4, -0.2) is 41.1 Å². The van der Waals surface area contributed by atoms with Crippen LogP contribution >= 0.6 is 0 Å². The summed E-state index contributed by atoms with van der Waals surface area (Å²) < 4.78 is 83.0. The number of ether oxygens (including phenoxy) is 2. The third-order valence-corrected chi connectivity index (χ3v) is 11.4. The molecule has 54 heavy (non-hydrogen) atoms. The fourth-order valence-corrected chi connectivity index (χ4v) is 9.15. The number of fused-ring (bicyclic) bond motifs is 2. The van der Waals surface area contributed by atoms with Crippen LogP contribution in [0.2, 0.25) is 0 Å². The molecule has 0 aromatic heterocycles. The summed E-state index contributed by atoms with van der Waals surface area (Å²) in [5.41, 5.74) is 3.76. The minimum atomic E-state index is -2.33. The van der Waals surface area contributed by atoms with Crippen molar-refractivity contribution in [3.05, 3.63) is 130 Å². The third kappa shape index (κ3) is 7.56. The molecule has 1 aliphatic carbocycles. The van der Waals surface area contributed by atoms with Gasteiger partial charge in [0.15, 0.2) is 29.6 Å². The van der Waals surface area contributed by atoms with E-state index in [9.17, 15) is 31.9 Å². The summed E-state index contributed by atoms with van der Waals surface area (Å²) in [6, 6.07) is 23.1. The van der Waals surface area contributed by atoms with E-state index in [1.807, 2.05) is 54.6 Å². The maximum atomic E-state index is 14.2. The molecule has 6 atom stereocenters. The van der Waals surface area contributed by atoms with Crippen LogP contribution in [-0.2, 0) is 22.6 Å². The van der Waals surface area contributed by atoms with Gasteiger partial charge in [0.1, 0.15) is 5.56 Å². The molecule has 1 amide bonds. The first-order chi connectivity index (χ1) is 25.6. The first-order valence-corrected chi connectivity index (χ1v) is 18.4. The summed E-state index contributed by atoms with van der Waals surface area (Å²) in [6.45, 7) is 10.9. The molecule has 2 heterocycles. The van der Waals surface area contributed by atoms with E-state index in [-0.39, 0.29) is 42.1 Å². The summed E-state index contributed by atoms with van der Waals surface area (Å²) in [6.07, 6.45) is 2.44. The number of nitrogens with one attached hydrogen (secondary N) is 1. The van der Waals surface area contributed by atoms with Gasteiger partial charge in [0.25, 0.3) is 5.91 Å². The second-order valence-corrected chi connectivity index (χ2v) is 16.4. The summed E-state index contributed by atoms with van der Waals surface area (Å²) in [7, 11) is 0. The van der Waals surface area contributed by atoms with Gasteiger partial charge >= 0.3 is 0 Å². The molecular weight excluding hydrogens is 703 g/mol. The summed E-state index contributed by atoms with van der Waals surface area (Å²) >= 11 is 0. The Hall–Kier alpha value is -4.16. The second-order valence-electron chi connectivity index (χ2n) is 16.4. The predicted octanol–water partition coefficient (Wildman–Crippen LogP) is 9.16. The molecule has 3 aliphatic rings. The van der Waals surface area contributed by atoms with Gasteiger partial charge in [0.05, 0.1) is 18.8 Å². The van der Waals surface area contributed by atoms with Crippen LogP contribution < -0.4 is 5.32 Å². The molecule has 1 saturated carbocycles. The van der Waals surface area contributed by atoms with Crippen molar-refractivity contribution >= 4 is 5.91 Å². The average Bonchev–Trinajstić information content (AvgIpc) is 3.40. The minimum absolute atomic E-state index is 0.0300. The molecule has 2 saturated heterocycles. The lowest BCUT2D eigenvalue weighted by molar-refractivity contribution is -0.276. The minimum Gasteiger partial charge on any atom is -0.392 e. The topological polar surface area (TPSA) is 71.0 Å². The summed E-state index contributed by atoms with van der Waals surface area (Å²) in [5, 5.41) is 11.9. The Morgan fingerprint density at radius 3 is 2.15 bits per heavy atom. The number of amides is 1. The van der Waals surface area contributed by atoms with Gasteiger partial charge in [-0.25, -0.2) is 22.0 Å². The van der Waals surface area contributed by atoms with Gasteiger partial charge in [0, 0.05) is 37.2 Å². The van der Waals surface area contributed by atoms with Gasteiger partial charge in [-0.2, -0.15) is 0 Å². The summed E-state index contributed by atoms with van der Waals surface area (Å²) in [5.74, 6) is -12.5. The molecule has 0 radical (unpaired) electrons. The van der Waals surface area contributed by atoms with Crippen LogP contribution in [0.3, 0.4) is 0 Å². The van der Waals surface area contributed by atoms with Crippen molar-refractivity contribution in [2.45, 2.75) is 84.6 Å². The number of nitrogens with zero attached hydrogens (tertiary/aromatic N) is 1. The highest BCUT2D eigenvalue weighted by Crippen LogP contribution is 2.53. The number of halogens is 5. The van der Waals surface area contributed by atoms with Gasteiger partial charge in [-0.1, -0.05) is 88.4 Å². The van der Waals surface area contributed by atoms with Crippen molar-refractivity contribution in [1.82, 2.24) is 10.2 Å². The maximum Gasteiger partial charge on any atom is 0.257 e. The molecule has 6 nitrogen and oxygen atoms in total. The van der Waals surface area contributed by atoms with Crippen LogP contribution in [0.4, 0.5) is 22.0 Å².